The molecule has 2 heterocycles. The lowest BCUT2D eigenvalue weighted by Gasteiger charge is -2.21. The van der Waals surface area contributed by atoms with Gasteiger partial charge in [-0.15, -0.1) is 0 Å². The Hall–Kier alpha value is -1.40. The number of nitrogens with one attached hydrogen (secondary N) is 2. The van der Waals surface area contributed by atoms with Gasteiger partial charge in [0.15, 0.2) is 0 Å². The van der Waals surface area contributed by atoms with Gasteiger partial charge in [-0.2, -0.15) is 0 Å². The summed E-state index contributed by atoms with van der Waals surface area (Å²) >= 11 is 0. The molecule has 0 saturated carbocycles. The molecular weight excluding hydrogens is 136 g/mol. The first-order valence-electron chi connectivity index (χ1n) is 2.73. The molecule has 0 aromatic heterocycles. The van der Waals surface area contributed by atoms with E-state index in [0.717, 1.165) is 0 Å². The van der Waals surface area contributed by atoms with E-state index in [1.54, 1.807) is 12.4 Å². The minimum Gasteiger partial charge on any atom is -0.374 e. The highest BCUT2D eigenvalue weighted by Gasteiger charge is 2.20. The molecule has 0 unspecified atom stereocenters. The summed E-state index contributed by atoms with van der Waals surface area (Å²) in [6, 6.07) is 0. The zero-order valence-electron chi connectivity index (χ0n) is 5.02. The van der Waals surface area contributed by atoms with E-state index < -0.39 is 0 Å². The van der Waals surface area contributed by atoms with Gasteiger partial charge >= 0.3 is 0 Å². The Kier molecular flexibility index (Phi) is 1.12. The van der Waals surface area contributed by atoms with E-state index in [9.17, 15) is 0 Å². The van der Waals surface area contributed by atoms with Crippen LogP contribution in [-0.4, -0.2) is 10.6 Å². The van der Waals surface area contributed by atoms with Gasteiger partial charge in [0.1, 0.15) is 12.5 Å². The van der Waals surface area contributed by atoms with Crippen LogP contribution < -0.4 is 10.9 Å². The van der Waals surface area contributed by atoms with Crippen LogP contribution in [0.3, 0.4) is 0 Å². The molecule has 6 heteroatoms. The average molecular weight is 142 g/mol. The maximum atomic E-state index is 4.88. The fraction of sp³-hybridized carbons (Fsp3) is 0. The molecule has 0 fully saturated rings. The summed E-state index contributed by atoms with van der Waals surface area (Å²) in [7, 11) is 0. The van der Waals surface area contributed by atoms with Gasteiger partial charge in [0.2, 0.25) is 0 Å². The summed E-state index contributed by atoms with van der Waals surface area (Å²) in [6.07, 6.45) is 6.24. The van der Waals surface area contributed by atoms with Crippen molar-refractivity contribution in [3.05, 3.63) is 24.9 Å². The Bertz CT molecular complexity index is 144. The Labute approximate surface area is 57.1 Å². The molecular formula is C4H6N4O2. The van der Waals surface area contributed by atoms with Crippen molar-refractivity contribution >= 4 is 0 Å². The van der Waals surface area contributed by atoms with Gasteiger partial charge in [-0.25, -0.2) is 0 Å². The molecule has 0 aliphatic carbocycles. The van der Waals surface area contributed by atoms with Crippen LogP contribution >= 0.6 is 0 Å². The van der Waals surface area contributed by atoms with Crippen LogP contribution in [0.25, 0.3) is 0 Å². The first-order valence-corrected chi connectivity index (χ1v) is 2.73. The van der Waals surface area contributed by atoms with Crippen LogP contribution in [0.15, 0.2) is 24.9 Å². The van der Waals surface area contributed by atoms with E-state index in [2.05, 4.69) is 10.9 Å². The standard InChI is InChI=1S/C4H6N4O2/c1-3-9-7(5-1)8-6-2-4-10-8/h1-6H. The second kappa shape index (κ2) is 2.09. The molecule has 0 amide bonds. The summed E-state index contributed by atoms with van der Waals surface area (Å²) in [5.41, 5.74) is 5.46. The van der Waals surface area contributed by atoms with Gasteiger partial charge in [-0.1, -0.05) is 0 Å². The monoisotopic (exact) mass is 142 g/mol. The highest BCUT2D eigenvalue weighted by molar-refractivity contribution is 4.74. The SMILES string of the molecule is C1=CON(N2NC=CO2)N1. The minimum atomic E-state index is 1.28. The third-order valence-corrected chi connectivity index (χ3v) is 0.992. The molecule has 0 aromatic rings. The molecule has 0 atom stereocenters. The Morgan fingerprint density at radius 1 is 0.900 bits per heavy atom. The number of hydrazine groups is 3. The molecule has 2 aliphatic rings. The normalized spacial score (nSPS) is 23.6. The summed E-state index contributed by atoms with van der Waals surface area (Å²) in [6.45, 7) is 0. The second-order valence-corrected chi connectivity index (χ2v) is 1.62. The van der Waals surface area contributed by atoms with E-state index in [4.69, 9.17) is 9.68 Å². The molecule has 10 heavy (non-hydrogen) atoms. The molecule has 0 spiro atoms. The molecule has 0 bridgehead atoms. The molecule has 6 nitrogen and oxygen atoms in total. The Morgan fingerprint density at radius 2 is 1.40 bits per heavy atom. The molecule has 2 N–H and O–H groups in total. The van der Waals surface area contributed by atoms with Crippen LogP contribution in [-0.2, 0) is 9.68 Å². The number of hydrogen-bond acceptors (Lipinski definition) is 6. The van der Waals surface area contributed by atoms with Crippen molar-refractivity contribution in [1.82, 2.24) is 21.4 Å². The van der Waals surface area contributed by atoms with E-state index in [1.165, 1.54) is 23.1 Å². The van der Waals surface area contributed by atoms with Crippen molar-refractivity contribution < 1.29 is 9.68 Å². The third-order valence-electron chi connectivity index (χ3n) is 0.992. The zero-order valence-corrected chi connectivity index (χ0v) is 5.02. The number of nitrogens with zero attached hydrogens (tertiary/aromatic N) is 2. The summed E-state index contributed by atoms with van der Waals surface area (Å²) in [4.78, 5) is 9.75. The third kappa shape index (κ3) is 0.751. The van der Waals surface area contributed by atoms with E-state index >= 15 is 0 Å². The highest BCUT2D eigenvalue weighted by atomic mass is 16.9. The van der Waals surface area contributed by atoms with E-state index in [0.29, 0.717) is 0 Å². The van der Waals surface area contributed by atoms with Gasteiger partial charge in [-0.3, -0.25) is 10.9 Å². The number of rotatable bonds is 1. The lowest BCUT2D eigenvalue weighted by atomic mass is 11.0. The van der Waals surface area contributed by atoms with Crippen LogP contribution in [0, 0.1) is 0 Å². The summed E-state index contributed by atoms with van der Waals surface area (Å²) in [5, 5.41) is 2.56. The predicted octanol–water partition coefficient (Wildman–Crippen LogP) is -0.653. The largest absolute Gasteiger partial charge is 0.374 e. The van der Waals surface area contributed by atoms with Gasteiger partial charge in [0.25, 0.3) is 0 Å². The van der Waals surface area contributed by atoms with Crippen molar-refractivity contribution in [2.45, 2.75) is 0 Å². The lowest BCUT2D eigenvalue weighted by Crippen LogP contribution is -2.48. The van der Waals surface area contributed by atoms with Gasteiger partial charge in [0, 0.05) is 0 Å². The average Bonchev–Trinajstić information content (AvgIpc) is 2.59. The van der Waals surface area contributed by atoms with Crippen molar-refractivity contribution in [3.8, 4) is 0 Å². The summed E-state index contributed by atoms with van der Waals surface area (Å²) < 4.78 is 0. The van der Waals surface area contributed by atoms with Crippen molar-refractivity contribution in [3.63, 3.8) is 0 Å². The quantitative estimate of drug-likeness (QED) is 0.507. The highest BCUT2D eigenvalue weighted by Crippen LogP contribution is 2.03. The molecule has 0 radical (unpaired) electrons. The van der Waals surface area contributed by atoms with Crippen LogP contribution in [0.2, 0.25) is 0 Å². The number of hydrogen-bond donors (Lipinski definition) is 2. The van der Waals surface area contributed by atoms with Crippen LogP contribution in [0.1, 0.15) is 0 Å². The first-order chi connectivity index (χ1) is 4.97. The smallest absolute Gasteiger partial charge is 0.133 e. The van der Waals surface area contributed by atoms with Gasteiger partial charge < -0.3 is 9.68 Å². The van der Waals surface area contributed by atoms with Crippen molar-refractivity contribution in [1.29, 1.82) is 0 Å². The van der Waals surface area contributed by atoms with Gasteiger partial charge in [-0.05, 0) is 0 Å². The molecule has 0 aromatic carbocycles. The molecule has 2 aliphatic heterocycles. The maximum absolute atomic E-state index is 4.88. The maximum Gasteiger partial charge on any atom is 0.133 e. The van der Waals surface area contributed by atoms with Gasteiger partial charge in [0.05, 0.1) is 23.0 Å². The van der Waals surface area contributed by atoms with Crippen molar-refractivity contribution in [2.75, 3.05) is 0 Å². The van der Waals surface area contributed by atoms with E-state index in [1.807, 2.05) is 0 Å². The van der Waals surface area contributed by atoms with Crippen LogP contribution in [0.4, 0.5) is 0 Å². The second-order valence-electron chi connectivity index (χ2n) is 1.62. The van der Waals surface area contributed by atoms with Crippen molar-refractivity contribution in [2.24, 2.45) is 0 Å². The fourth-order valence-corrected chi connectivity index (χ4v) is 0.616. The first kappa shape index (κ1) is 5.39. The topological polar surface area (TPSA) is 49.0 Å². The predicted molar refractivity (Wildman–Crippen MR) is 30.4 cm³/mol. The van der Waals surface area contributed by atoms with E-state index in [-0.39, 0.29) is 0 Å². The Morgan fingerprint density at radius 3 is 1.70 bits per heavy atom. The minimum absolute atomic E-state index is 1.28. The fourth-order valence-electron chi connectivity index (χ4n) is 0.616. The molecule has 2 rings (SSSR count). The zero-order chi connectivity index (χ0) is 6.81. The Balaban J connectivity index is 1.89. The van der Waals surface area contributed by atoms with Crippen LogP contribution in [0.5, 0.6) is 0 Å². The summed E-state index contributed by atoms with van der Waals surface area (Å²) in [5.74, 6) is 0. The molecule has 54 valence electrons. The lowest BCUT2D eigenvalue weighted by molar-refractivity contribution is -0.388. The molecule has 0 saturated heterocycles.